The smallest absolute Gasteiger partial charge is 0.311 e. The first-order valence-corrected chi connectivity index (χ1v) is 9.71. The van der Waals surface area contributed by atoms with Crippen molar-refractivity contribution in [2.24, 2.45) is 5.92 Å². The fourth-order valence-corrected chi connectivity index (χ4v) is 3.24. The summed E-state index contributed by atoms with van der Waals surface area (Å²) in [6.07, 6.45) is 0. The van der Waals surface area contributed by atoms with Gasteiger partial charge in [0, 0.05) is 25.0 Å². The van der Waals surface area contributed by atoms with Gasteiger partial charge in [0.2, 0.25) is 0 Å². The maximum absolute atomic E-state index is 13.4. The second-order valence-corrected chi connectivity index (χ2v) is 7.91. The third kappa shape index (κ3) is 3.99. The third-order valence-electron chi connectivity index (χ3n) is 4.79. The second-order valence-electron chi connectivity index (χ2n) is 7.91. The van der Waals surface area contributed by atoms with Crippen LogP contribution >= 0.6 is 0 Å². The summed E-state index contributed by atoms with van der Waals surface area (Å²) in [6.45, 7) is 8.27. The summed E-state index contributed by atoms with van der Waals surface area (Å²) in [5, 5.41) is 0.141. The summed E-state index contributed by atoms with van der Waals surface area (Å²) in [5.74, 6) is -0.141. The Kier molecular flexibility index (Phi) is 5.68. The van der Waals surface area contributed by atoms with E-state index in [2.05, 4.69) is 9.97 Å². The lowest BCUT2D eigenvalue weighted by Gasteiger charge is -2.20. The van der Waals surface area contributed by atoms with E-state index in [4.69, 9.17) is 0 Å². The van der Waals surface area contributed by atoms with Crippen LogP contribution in [0.1, 0.15) is 49.7 Å². The molecule has 0 aliphatic rings. The number of para-hydroxylation sites is 1. The minimum atomic E-state index is -0.599. The fraction of sp³-hybridized carbons (Fsp3) is 0.364. The summed E-state index contributed by atoms with van der Waals surface area (Å²) in [6, 6.07) is 10.9. The van der Waals surface area contributed by atoms with Gasteiger partial charge in [0.15, 0.2) is 5.65 Å². The predicted octanol–water partition coefficient (Wildman–Crippen LogP) is 3.14. The number of rotatable bonds is 5. The van der Waals surface area contributed by atoms with Gasteiger partial charge in [-0.2, -0.15) is 0 Å². The molecule has 152 valence electrons. The van der Waals surface area contributed by atoms with Crippen molar-refractivity contribution in [1.82, 2.24) is 14.5 Å². The molecule has 0 saturated carbocycles. The Morgan fingerprint density at radius 2 is 1.79 bits per heavy atom. The van der Waals surface area contributed by atoms with Crippen molar-refractivity contribution in [3.8, 4) is 0 Å². The molecule has 0 aliphatic carbocycles. The molecule has 0 unspecified atom stereocenters. The van der Waals surface area contributed by atoms with Crippen molar-refractivity contribution in [2.45, 2.75) is 40.2 Å². The normalized spacial score (nSPS) is 11.4. The summed E-state index contributed by atoms with van der Waals surface area (Å²) >= 11 is 0. The first kappa shape index (κ1) is 20.5. The molecule has 1 aromatic carbocycles. The number of H-pyrrole nitrogens is 1. The highest BCUT2D eigenvalue weighted by molar-refractivity contribution is 6.12. The number of hydrogen-bond acceptors (Lipinski definition) is 4. The highest BCUT2D eigenvalue weighted by Crippen LogP contribution is 2.23. The zero-order chi connectivity index (χ0) is 21.3. The topological polar surface area (TPSA) is 88.1 Å². The molecule has 1 amide bonds. The Hall–Kier alpha value is -3.22. The van der Waals surface area contributed by atoms with Gasteiger partial charge in [0.1, 0.15) is 0 Å². The van der Waals surface area contributed by atoms with Crippen molar-refractivity contribution in [3.05, 3.63) is 68.5 Å². The molecule has 3 aromatic rings. The second kappa shape index (κ2) is 8.03. The first-order chi connectivity index (χ1) is 13.7. The standard InChI is InChI=1S/C22H26N4O3/c1-13(2)12-26-19-18(20(27)24-22(26)29)16(11-17(23-19)14(3)4)21(28)25(5)15-9-7-6-8-10-15/h6-11,13-14H,12H2,1-5H3,(H,24,27,29). The Bertz CT molecular complexity index is 1160. The molecule has 2 aromatic heterocycles. The lowest BCUT2D eigenvalue weighted by Crippen LogP contribution is -2.35. The van der Waals surface area contributed by atoms with Crippen molar-refractivity contribution in [3.63, 3.8) is 0 Å². The van der Waals surface area contributed by atoms with Crippen molar-refractivity contribution < 1.29 is 4.79 Å². The number of carbonyl (C=O) groups is 1. The number of fused-ring (bicyclic) bond motifs is 1. The highest BCUT2D eigenvalue weighted by Gasteiger charge is 2.23. The minimum Gasteiger partial charge on any atom is -0.311 e. The quantitative estimate of drug-likeness (QED) is 0.720. The summed E-state index contributed by atoms with van der Waals surface area (Å²) in [7, 11) is 1.66. The van der Waals surface area contributed by atoms with Crippen LogP contribution in [-0.2, 0) is 6.54 Å². The van der Waals surface area contributed by atoms with Crippen molar-refractivity contribution in [2.75, 3.05) is 11.9 Å². The van der Waals surface area contributed by atoms with Gasteiger partial charge in [0.05, 0.1) is 10.9 Å². The molecule has 7 heteroatoms. The molecule has 2 heterocycles. The van der Waals surface area contributed by atoms with E-state index in [9.17, 15) is 14.4 Å². The van der Waals surface area contributed by atoms with Crippen LogP contribution in [0.5, 0.6) is 0 Å². The van der Waals surface area contributed by atoms with Gasteiger partial charge in [0.25, 0.3) is 11.5 Å². The Morgan fingerprint density at radius 3 is 2.38 bits per heavy atom. The van der Waals surface area contributed by atoms with Gasteiger partial charge in [-0.1, -0.05) is 45.9 Å². The molecule has 1 N–H and O–H groups in total. The summed E-state index contributed by atoms with van der Waals surface area (Å²) in [4.78, 5) is 47.0. The molecular weight excluding hydrogens is 368 g/mol. The van der Waals surface area contributed by atoms with Crippen LogP contribution in [0.15, 0.2) is 46.0 Å². The number of aromatic amines is 1. The van der Waals surface area contributed by atoms with Crippen molar-refractivity contribution in [1.29, 1.82) is 0 Å². The summed E-state index contributed by atoms with van der Waals surface area (Å²) in [5.41, 5.74) is 0.745. The summed E-state index contributed by atoms with van der Waals surface area (Å²) < 4.78 is 1.45. The SMILES string of the molecule is CC(C)Cn1c(=O)[nH]c(=O)c2c(C(=O)N(C)c3ccccc3)cc(C(C)C)nc21. The third-order valence-corrected chi connectivity index (χ3v) is 4.79. The predicted molar refractivity (Wildman–Crippen MR) is 115 cm³/mol. The van der Waals surface area contributed by atoms with E-state index in [1.165, 1.54) is 9.47 Å². The molecular formula is C22H26N4O3. The first-order valence-electron chi connectivity index (χ1n) is 9.71. The lowest BCUT2D eigenvalue weighted by atomic mass is 10.0. The van der Waals surface area contributed by atoms with Crippen LogP contribution in [0.3, 0.4) is 0 Å². The largest absolute Gasteiger partial charge is 0.330 e. The number of pyridine rings is 1. The molecule has 0 aliphatic heterocycles. The van der Waals surface area contributed by atoms with Gasteiger partial charge in [-0.3, -0.25) is 19.1 Å². The van der Waals surface area contributed by atoms with Gasteiger partial charge in [-0.25, -0.2) is 9.78 Å². The maximum atomic E-state index is 13.4. The molecule has 0 atom stereocenters. The zero-order valence-electron chi connectivity index (χ0n) is 17.4. The van der Waals surface area contributed by atoms with Crippen LogP contribution in [0.4, 0.5) is 5.69 Å². The van der Waals surface area contributed by atoms with E-state index >= 15 is 0 Å². The maximum Gasteiger partial charge on any atom is 0.330 e. The van der Waals surface area contributed by atoms with E-state index in [1.807, 2.05) is 58.0 Å². The van der Waals surface area contributed by atoms with Gasteiger partial charge >= 0.3 is 5.69 Å². The Balaban J connectivity index is 2.32. The zero-order valence-corrected chi connectivity index (χ0v) is 17.4. The van der Waals surface area contributed by atoms with Gasteiger partial charge in [-0.05, 0) is 30.0 Å². The average Bonchev–Trinajstić information content (AvgIpc) is 2.69. The minimum absolute atomic E-state index is 0.0230. The van der Waals surface area contributed by atoms with E-state index < -0.39 is 11.2 Å². The number of anilines is 1. The molecule has 0 radical (unpaired) electrons. The van der Waals surface area contributed by atoms with Crippen LogP contribution in [0.2, 0.25) is 0 Å². The molecule has 0 bridgehead atoms. The molecule has 0 saturated heterocycles. The molecule has 29 heavy (non-hydrogen) atoms. The Labute approximate surface area is 169 Å². The average molecular weight is 394 g/mol. The number of nitrogens with one attached hydrogen (secondary N) is 1. The lowest BCUT2D eigenvalue weighted by molar-refractivity contribution is 0.0994. The monoisotopic (exact) mass is 394 g/mol. The van der Waals surface area contributed by atoms with Gasteiger partial charge in [-0.15, -0.1) is 0 Å². The molecule has 0 spiro atoms. The number of amides is 1. The molecule has 7 nitrogen and oxygen atoms in total. The van der Waals surface area contributed by atoms with E-state index in [0.717, 1.165) is 0 Å². The number of hydrogen-bond donors (Lipinski definition) is 1. The van der Waals surface area contributed by atoms with E-state index in [-0.39, 0.29) is 34.3 Å². The van der Waals surface area contributed by atoms with Crippen molar-refractivity contribution >= 4 is 22.6 Å². The molecule has 3 rings (SSSR count). The Morgan fingerprint density at radius 1 is 1.14 bits per heavy atom. The van der Waals surface area contributed by atoms with Crippen LogP contribution in [-0.4, -0.2) is 27.5 Å². The molecule has 0 fully saturated rings. The van der Waals surface area contributed by atoms with E-state index in [0.29, 0.717) is 17.9 Å². The number of carbonyl (C=O) groups excluding carboxylic acids is 1. The van der Waals surface area contributed by atoms with Gasteiger partial charge < -0.3 is 4.90 Å². The van der Waals surface area contributed by atoms with E-state index in [1.54, 1.807) is 13.1 Å². The highest BCUT2D eigenvalue weighted by atomic mass is 16.2. The van der Waals surface area contributed by atoms with Crippen LogP contribution < -0.4 is 16.1 Å². The number of nitrogens with zero attached hydrogens (tertiary/aromatic N) is 3. The van der Waals surface area contributed by atoms with Crippen LogP contribution in [0.25, 0.3) is 11.0 Å². The van der Waals surface area contributed by atoms with Crippen LogP contribution in [0, 0.1) is 5.92 Å². The fourth-order valence-electron chi connectivity index (χ4n) is 3.24. The number of aromatic nitrogens is 3. The number of benzene rings is 1.